The Hall–Kier alpha value is -6.50. The van der Waals surface area contributed by atoms with Gasteiger partial charge in [0.25, 0.3) is 21.2 Å². The number of rotatable bonds is 24. The Morgan fingerprint density at radius 3 is 1.58 bits per heavy atom. The van der Waals surface area contributed by atoms with Crippen LogP contribution in [0.4, 0.5) is 47.1 Å². The van der Waals surface area contributed by atoms with Crippen LogP contribution in [0.5, 0.6) is 11.8 Å². The number of nitrogen functional groups attached to an aromatic ring is 8. The number of anilines is 8. The van der Waals surface area contributed by atoms with Crippen LogP contribution < -0.4 is 66.5 Å². The van der Waals surface area contributed by atoms with Gasteiger partial charge < -0.3 is 93.2 Å². The molecule has 0 spiro atoms. The summed E-state index contributed by atoms with van der Waals surface area (Å²) in [7, 11) is -12.1. The smallest absolute Gasteiger partial charge is 0.350 e. The minimum atomic E-state index is -4.15. The number of ether oxygens (including phenoxy) is 6. The molecule has 0 saturated heterocycles. The summed E-state index contributed by atoms with van der Waals surface area (Å²) >= 11 is 0. The van der Waals surface area contributed by atoms with E-state index in [0.717, 1.165) is 5.56 Å². The fourth-order valence-electron chi connectivity index (χ4n) is 5.51. The van der Waals surface area contributed by atoms with Crippen LogP contribution in [0.15, 0.2) is 38.8 Å². The third-order valence-corrected chi connectivity index (χ3v) is 13.1. The average Bonchev–Trinajstić information content (AvgIpc) is 3.34. The number of aromatic amines is 1. The number of nitrogens with one attached hydrogen (secondary N) is 1. The molecule has 0 radical (unpaired) electrons. The highest BCUT2D eigenvalue weighted by Gasteiger charge is 2.17. The summed E-state index contributed by atoms with van der Waals surface area (Å²) in [5, 5.41) is 0. The maximum absolute atomic E-state index is 11.9. The molecule has 32 nitrogen and oxygen atoms in total. The molecule has 0 fully saturated rings. The summed E-state index contributed by atoms with van der Waals surface area (Å²) < 4.78 is 93.6. The van der Waals surface area contributed by atoms with Crippen molar-refractivity contribution in [2.75, 3.05) is 144 Å². The number of aromatic nitrogens is 8. The second-order valence-electron chi connectivity index (χ2n) is 17.8. The summed E-state index contributed by atoms with van der Waals surface area (Å²) in [6, 6.07) is 6.54. The lowest BCUT2D eigenvalue weighted by Gasteiger charge is -2.12. The van der Waals surface area contributed by atoms with Gasteiger partial charge in [-0.25, -0.2) is 0 Å². The first-order valence-electron chi connectivity index (χ1n) is 24.2. The zero-order valence-electron chi connectivity index (χ0n) is 47.1. The van der Waals surface area contributed by atoms with E-state index < -0.39 is 38.3 Å². The van der Waals surface area contributed by atoms with Crippen molar-refractivity contribution in [2.24, 2.45) is 0 Å². The van der Waals surface area contributed by atoms with Gasteiger partial charge in [0, 0.05) is 6.61 Å². The second-order valence-corrected chi connectivity index (χ2v) is 27.8. The third kappa shape index (κ3) is 29.7. The molecule has 0 saturated carbocycles. The minimum Gasteiger partial charge on any atom is -0.475 e. The molecule has 0 aliphatic heterocycles. The van der Waals surface area contributed by atoms with E-state index in [-0.39, 0.29) is 122 Å². The molecule has 5 rings (SSSR count). The van der Waals surface area contributed by atoms with Crippen molar-refractivity contribution in [1.29, 1.82) is 0 Å². The molecule has 1 aromatic carbocycles. The summed E-state index contributed by atoms with van der Waals surface area (Å²) in [5.74, 6) is 1.65. The number of H-pyrrole nitrogens is 1. The predicted molar refractivity (Wildman–Crippen MR) is 312 cm³/mol. The van der Waals surface area contributed by atoms with Gasteiger partial charge in [-0.2, -0.15) is 38.3 Å². The standard InChI is InChI=1S/C11H16O4S.2C10H19N4O3P.C9H17N4O5P.C5H8N4O/c1-3-14-8-9-15-16(12,13)11-6-4-10(2)5-7-11;1-7-8(11)13-10(12)14-9(7)17-5-4-16-6-18(2,3)15;1-7-8(11)13-10(12)14(9(7)15)4-5-17-6-18(2,3)16;1-2-6-7(10)12-9(11)13-8(6)18-4-3-17-5-19(14,15)16;1-2-3(6)8-5(7)9-4(2)10/h4-7H,3,8-9H2,1-2H3;4-6H2,1-3H3,(H4,11,12,13,14);4-6,11H2,1-3H3,(H2,12,13);2-5H2,1H3,(H2,14,15,16)(H4,10,11,12,13);1H3,(H5,6,7,8,9,10). The third-order valence-electron chi connectivity index (χ3n) is 9.63. The highest BCUT2D eigenvalue weighted by atomic mass is 32.2. The lowest BCUT2D eigenvalue weighted by Crippen LogP contribution is -2.29. The van der Waals surface area contributed by atoms with Gasteiger partial charge in [-0.3, -0.25) is 27.9 Å². The number of aryl methyl sites for hydroxylation is 1. The predicted octanol–water partition coefficient (Wildman–Crippen LogP) is 1.95. The number of nitrogens with two attached hydrogens (primary N) is 8. The first-order valence-corrected chi connectivity index (χ1v) is 33.0. The maximum atomic E-state index is 11.9. The van der Waals surface area contributed by atoms with Gasteiger partial charge in [-0.1, -0.05) is 24.6 Å². The van der Waals surface area contributed by atoms with Crippen molar-refractivity contribution < 1.29 is 64.5 Å². The van der Waals surface area contributed by atoms with Crippen LogP contribution in [0.2, 0.25) is 0 Å². The first kappa shape index (κ1) is 72.5. The summed E-state index contributed by atoms with van der Waals surface area (Å²) in [5.41, 5.74) is 46.3. The molecule has 0 unspecified atom stereocenters. The quantitative estimate of drug-likeness (QED) is 0.0239. The molecular formula is C45H79N16O16P3S. The van der Waals surface area contributed by atoms with Crippen LogP contribution in [-0.2, 0) is 59.9 Å². The fourth-order valence-corrected chi connectivity index (χ4v) is 7.91. The molecule has 4 heterocycles. The summed E-state index contributed by atoms with van der Waals surface area (Å²) in [6.07, 6.45) is 0.349. The lowest BCUT2D eigenvalue weighted by molar-refractivity contribution is 0.112. The molecule has 0 aliphatic rings. The topological polar surface area (TPSA) is 531 Å². The van der Waals surface area contributed by atoms with Crippen LogP contribution in [0.3, 0.4) is 0 Å². The number of hydrogen-bond acceptors (Lipinski definition) is 28. The monoisotopic (exact) mass is 1220 g/mol. The normalized spacial score (nSPS) is 11.4. The summed E-state index contributed by atoms with van der Waals surface area (Å²) in [6.45, 7) is 19.2. The maximum Gasteiger partial charge on any atom is 0.350 e. The highest BCUT2D eigenvalue weighted by molar-refractivity contribution is 7.86. The van der Waals surface area contributed by atoms with Crippen LogP contribution in [0.25, 0.3) is 0 Å². The number of nitrogens with zero attached hydrogens (tertiary/aromatic N) is 7. The molecule has 0 amide bonds. The van der Waals surface area contributed by atoms with E-state index in [1.807, 2.05) is 20.8 Å². The van der Waals surface area contributed by atoms with E-state index in [2.05, 4.69) is 34.9 Å². The Bertz CT molecular complexity index is 3160. The fraction of sp³-hybridized carbons (Fsp3) is 0.511. The SMILES string of the molecule is CCOCCOS(=O)(=O)c1ccc(C)cc1.CCc1c(N)nc(N)nc1OCCOCP(=O)(O)O.Cc1c(N)nc(N)[nH]c1=O.Cc1c(N)nc(N)n(CCOCP(C)(C)=O)c1=O.Cc1c(N)nc(N)nc1OCCOCP(C)(C)=O. The number of benzene rings is 1. The van der Waals surface area contributed by atoms with E-state index >= 15 is 0 Å². The molecule has 36 heteroatoms. The Morgan fingerprint density at radius 2 is 1.06 bits per heavy atom. The molecule has 0 aliphatic carbocycles. The van der Waals surface area contributed by atoms with Gasteiger partial charge >= 0.3 is 7.60 Å². The van der Waals surface area contributed by atoms with Crippen LogP contribution in [0, 0.1) is 27.7 Å². The van der Waals surface area contributed by atoms with Gasteiger partial charge in [-0.05, 0) is 79.8 Å². The van der Waals surface area contributed by atoms with Crippen LogP contribution >= 0.6 is 21.9 Å². The molecule has 0 bridgehead atoms. The van der Waals surface area contributed by atoms with Gasteiger partial charge in [0.15, 0.2) is 0 Å². The van der Waals surface area contributed by atoms with E-state index in [1.54, 1.807) is 59.6 Å². The van der Waals surface area contributed by atoms with Crippen molar-refractivity contribution in [3.63, 3.8) is 0 Å². The van der Waals surface area contributed by atoms with Crippen LogP contribution in [0.1, 0.15) is 41.7 Å². The largest absolute Gasteiger partial charge is 0.475 e. The summed E-state index contributed by atoms with van der Waals surface area (Å²) in [4.78, 5) is 65.3. The first-order chi connectivity index (χ1) is 37.5. The Morgan fingerprint density at radius 1 is 0.580 bits per heavy atom. The van der Waals surface area contributed by atoms with Gasteiger partial charge in [-0.15, -0.1) is 0 Å². The molecule has 19 N–H and O–H groups in total. The number of hydrogen-bond donors (Lipinski definition) is 11. The van der Waals surface area contributed by atoms with Crippen LogP contribution in [-0.4, -0.2) is 156 Å². The van der Waals surface area contributed by atoms with Gasteiger partial charge in [0.1, 0.15) is 57.1 Å². The zero-order valence-corrected chi connectivity index (χ0v) is 50.6. The van der Waals surface area contributed by atoms with E-state index in [1.165, 1.54) is 16.7 Å². The Kier molecular flexibility index (Phi) is 31.1. The lowest BCUT2D eigenvalue weighted by atomic mass is 10.2. The van der Waals surface area contributed by atoms with Crippen molar-refractivity contribution in [3.05, 3.63) is 72.8 Å². The Labute approximate surface area is 469 Å². The minimum absolute atomic E-state index is 0.000774. The molecule has 0 atom stereocenters. The van der Waals surface area contributed by atoms with Crippen molar-refractivity contribution in [3.8, 4) is 11.8 Å². The molecule has 5 aromatic rings. The Balaban J connectivity index is 0.000000512. The van der Waals surface area contributed by atoms with E-state index in [4.69, 9.17) is 88.3 Å². The van der Waals surface area contributed by atoms with Gasteiger partial charge in [0.05, 0.1) is 79.4 Å². The van der Waals surface area contributed by atoms with Crippen molar-refractivity contribution >= 4 is 79.1 Å². The van der Waals surface area contributed by atoms with E-state index in [0.29, 0.717) is 53.6 Å². The highest BCUT2D eigenvalue weighted by Crippen LogP contribution is 2.36. The molecular weight excluding hydrogens is 1150 g/mol. The average molecular weight is 1230 g/mol. The molecule has 4 aromatic heterocycles. The molecule has 81 heavy (non-hydrogen) atoms. The van der Waals surface area contributed by atoms with Crippen molar-refractivity contribution in [2.45, 2.75) is 59.4 Å². The van der Waals surface area contributed by atoms with Crippen molar-refractivity contribution in [1.82, 2.24) is 39.5 Å². The zero-order chi connectivity index (χ0) is 61.9. The van der Waals surface area contributed by atoms with E-state index in [9.17, 15) is 31.7 Å². The molecule has 456 valence electrons. The second kappa shape index (κ2) is 34.7. The van der Waals surface area contributed by atoms with Gasteiger partial charge in [0.2, 0.25) is 35.6 Å².